The zero-order valence-electron chi connectivity index (χ0n) is 36.3. The van der Waals surface area contributed by atoms with Crippen molar-refractivity contribution in [3.05, 3.63) is 194 Å². The molecule has 68 heavy (non-hydrogen) atoms. The van der Waals surface area contributed by atoms with Crippen LogP contribution < -0.4 is 0 Å². The molecule has 0 radical (unpaired) electrons. The van der Waals surface area contributed by atoms with E-state index in [9.17, 15) is 20.4 Å². The van der Waals surface area contributed by atoms with Crippen molar-refractivity contribution in [2.45, 2.75) is 0 Å². The van der Waals surface area contributed by atoms with Crippen molar-refractivity contribution in [3.63, 3.8) is 0 Å². The van der Waals surface area contributed by atoms with Crippen molar-refractivity contribution >= 4 is 64.6 Å². The van der Waals surface area contributed by atoms with Crippen LogP contribution in [0.1, 0.15) is 0 Å². The summed E-state index contributed by atoms with van der Waals surface area (Å²) >= 11 is 0. The molecule has 0 amide bonds. The monoisotopic (exact) mass is 868 g/mol. The second-order valence-electron chi connectivity index (χ2n) is 18.3. The van der Waals surface area contributed by atoms with Crippen LogP contribution in [0.25, 0.3) is 154 Å². The summed E-state index contributed by atoms with van der Waals surface area (Å²) in [5.74, 6) is 0.464. The van der Waals surface area contributed by atoms with E-state index >= 15 is 0 Å². The summed E-state index contributed by atoms with van der Waals surface area (Å²) in [6, 6.07) is 65.6. The van der Waals surface area contributed by atoms with Gasteiger partial charge in [-0.05, 0) is 134 Å². The summed E-state index contributed by atoms with van der Waals surface area (Å²) in [5, 5.41) is 59.3. The highest BCUT2D eigenvalue weighted by atomic mass is 16.3. The van der Waals surface area contributed by atoms with E-state index in [-0.39, 0.29) is 23.0 Å². The second-order valence-corrected chi connectivity index (χ2v) is 18.3. The third kappa shape index (κ3) is 4.58. The van der Waals surface area contributed by atoms with Gasteiger partial charge >= 0.3 is 0 Å². The molecule has 15 rings (SSSR count). The van der Waals surface area contributed by atoms with Crippen LogP contribution >= 0.6 is 0 Å². The third-order valence-electron chi connectivity index (χ3n) is 15.1. The standard InChI is InChI=1S/C64H36O4/c65-45-29-30-46(66)62-50(34-15-7-2-8-16-34)58-42-26-22-38-40-24-28-44-56-43(27-23-39(54(40)56)37-21-25-41(55(42)53(37)38)57(58)49(61(45)62)33-13-5-1-6-14-33)59-51(35-17-9-3-10-18-35)63-47(67)31-32-48(68)64(63)52(60(44)59)36-19-11-4-12-20-36/h1-32,65-68H. The maximum Gasteiger partial charge on any atom is 0.124 e. The van der Waals surface area contributed by atoms with E-state index in [0.717, 1.165) is 121 Å². The van der Waals surface area contributed by atoms with Gasteiger partial charge in [0.05, 0.1) is 0 Å². The fraction of sp³-hybridized carbons (Fsp3) is 0. The van der Waals surface area contributed by atoms with E-state index in [2.05, 4.69) is 97.1 Å². The SMILES string of the molecule is Oc1ccc(O)c2c(-c3ccccc3)c3c(c(-c4ccccc4)c12)-c1ccc2c4ccc5c6c(ccc(c7ccc-3c1c27)c64)-c1c-5c(-c2ccccc2)c2c(O)ccc(O)c2c1-c1ccccc1. The van der Waals surface area contributed by atoms with Crippen molar-refractivity contribution in [3.8, 4) is 112 Å². The second kappa shape index (κ2) is 13.3. The fourth-order valence-corrected chi connectivity index (χ4v) is 12.5. The van der Waals surface area contributed by atoms with Gasteiger partial charge in [-0.1, -0.05) is 170 Å². The van der Waals surface area contributed by atoms with E-state index in [1.54, 1.807) is 24.3 Å². The first kappa shape index (κ1) is 37.1. The highest BCUT2D eigenvalue weighted by Gasteiger charge is 2.37. The van der Waals surface area contributed by atoms with Gasteiger partial charge in [0.15, 0.2) is 0 Å². The molecule has 13 aromatic carbocycles. The Balaban J connectivity index is 1.10. The minimum absolute atomic E-state index is 0.116. The number of hydrogen-bond donors (Lipinski definition) is 4. The van der Waals surface area contributed by atoms with Crippen LogP contribution in [-0.2, 0) is 0 Å². The molecule has 4 nitrogen and oxygen atoms in total. The van der Waals surface area contributed by atoms with Gasteiger partial charge in [-0.15, -0.1) is 0 Å². The number of phenols is 4. The molecule has 0 saturated carbocycles. The van der Waals surface area contributed by atoms with Crippen LogP contribution in [0.4, 0.5) is 0 Å². The lowest BCUT2D eigenvalue weighted by Gasteiger charge is -2.21. The molecule has 0 unspecified atom stereocenters. The molecule has 4 heteroatoms. The summed E-state index contributed by atoms with van der Waals surface area (Å²) < 4.78 is 0. The summed E-state index contributed by atoms with van der Waals surface area (Å²) in [4.78, 5) is 0. The first-order valence-corrected chi connectivity index (χ1v) is 23.0. The lowest BCUT2D eigenvalue weighted by atomic mass is 9.82. The number of fused-ring (bicyclic) bond motifs is 10. The van der Waals surface area contributed by atoms with Gasteiger partial charge in [0, 0.05) is 43.8 Å². The van der Waals surface area contributed by atoms with E-state index in [1.807, 2.05) is 72.8 Å². The molecule has 0 bridgehead atoms. The molecule has 0 fully saturated rings. The smallest absolute Gasteiger partial charge is 0.124 e. The molecule has 0 aromatic heterocycles. The normalized spacial score (nSPS) is 12.4. The summed E-state index contributed by atoms with van der Waals surface area (Å²) in [6.45, 7) is 0. The average molecular weight is 869 g/mol. The first-order chi connectivity index (χ1) is 33.5. The van der Waals surface area contributed by atoms with E-state index in [4.69, 9.17) is 0 Å². The van der Waals surface area contributed by atoms with E-state index in [1.165, 1.54) is 10.8 Å². The molecule has 316 valence electrons. The number of benzene rings is 13. The predicted octanol–water partition coefficient (Wildman–Crippen LogP) is 16.8. The Morgan fingerprint density at radius 1 is 0.176 bits per heavy atom. The Bertz CT molecular complexity index is 3810. The molecule has 2 aliphatic carbocycles. The van der Waals surface area contributed by atoms with Gasteiger partial charge in [0.25, 0.3) is 0 Å². The molecule has 13 aromatic rings. The Morgan fingerprint density at radius 3 is 0.618 bits per heavy atom. The van der Waals surface area contributed by atoms with Gasteiger partial charge in [-0.2, -0.15) is 0 Å². The van der Waals surface area contributed by atoms with Gasteiger partial charge in [-0.25, -0.2) is 0 Å². The molecule has 0 atom stereocenters. The van der Waals surface area contributed by atoms with Crippen LogP contribution in [0, 0.1) is 0 Å². The van der Waals surface area contributed by atoms with Crippen molar-refractivity contribution in [1.29, 1.82) is 0 Å². The molecule has 0 heterocycles. The lowest BCUT2D eigenvalue weighted by Crippen LogP contribution is -1.94. The van der Waals surface area contributed by atoms with Crippen molar-refractivity contribution in [2.24, 2.45) is 0 Å². The van der Waals surface area contributed by atoms with Crippen molar-refractivity contribution in [1.82, 2.24) is 0 Å². The Labute approximate surface area is 389 Å². The zero-order chi connectivity index (χ0) is 45.1. The van der Waals surface area contributed by atoms with E-state index < -0.39 is 0 Å². The predicted molar refractivity (Wildman–Crippen MR) is 280 cm³/mol. The fourth-order valence-electron chi connectivity index (χ4n) is 12.5. The lowest BCUT2D eigenvalue weighted by molar-refractivity contribution is 0.469. The maximum absolute atomic E-state index is 11.9. The highest BCUT2D eigenvalue weighted by molar-refractivity contribution is 6.42. The van der Waals surface area contributed by atoms with Crippen LogP contribution in [0.5, 0.6) is 23.0 Å². The topological polar surface area (TPSA) is 80.9 Å². The van der Waals surface area contributed by atoms with Crippen LogP contribution in [0.2, 0.25) is 0 Å². The molecular weight excluding hydrogens is 833 g/mol. The summed E-state index contributed by atoms with van der Waals surface area (Å²) in [7, 11) is 0. The average Bonchev–Trinajstić information content (AvgIpc) is 3.91. The molecule has 0 aliphatic heterocycles. The van der Waals surface area contributed by atoms with Crippen molar-refractivity contribution < 1.29 is 20.4 Å². The summed E-state index contributed by atoms with van der Waals surface area (Å²) in [6.07, 6.45) is 0. The number of hydrogen-bond acceptors (Lipinski definition) is 4. The first-order valence-electron chi connectivity index (χ1n) is 23.0. The molecule has 4 N–H and O–H groups in total. The highest BCUT2D eigenvalue weighted by Crippen LogP contribution is 2.64. The summed E-state index contributed by atoms with van der Waals surface area (Å²) in [5.41, 5.74) is 15.9. The number of aromatic hydroxyl groups is 4. The Morgan fingerprint density at radius 2 is 0.397 bits per heavy atom. The largest absolute Gasteiger partial charge is 0.507 e. The zero-order valence-corrected chi connectivity index (χ0v) is 36.3. The maximum atomic E-state index is 11.9. The van der Waals surface area contributed by atoms with Crippen molar-refractivity contribution in [2.75, 3.05) is 0 Å². The number of rotatable bonds is 4. The van der Waals surface area contributed by atoms with Crippen LogP contribution in [0.3, 0.4) is 0 Å². The van der Waals surface area contributed by atoms with Crippen LogP contribution in [0.15, 0.2) is 194 Å². The molecule has 0 spiro atoms. The quantitative estimate of drug-likeness (QED) is 0.0807. The van der Waals surface area contributed by atoms with E-state index in [0.29, 0.717) is 21.5 Å². The van der Waals surface area contributed by atoms with Gasteiger partial charge < -0.3 is 20.4 Å². The Kier molecular flexibility index (Phi) is 7.24. The Hall–Kier alpha value is -9.12. The minimum atomic E-state index is 0.116. The van der Waals surface area contributed by atoms with Gasteiger partial charge in [-0.3, -0.25) is 0 Å². The molecule has 0 saturated heterocycles. The molecular formula is C64H36O4. The van der Waals surface area contributed by atoms with Gasteiger partial charge in [0.2, 0.25) is 0 Å². The van der Waals surface area contributed by atoms with Crippen LogP contribution in [-0.4, -0.2) is 20.4 Å². The molecule has 2 aliphatic rings. The number of phenolic OH excluding ortho intramolecular Hbond substituents is 4. The van der Waals surface area contributed by atoms with Gasteiger partial charge in [0.1, 0.15) is 23.0 Å². The minimum Gasteiger partial charge on any atom is -0.507 e. The third-order valence-corrected chi connectivity index (χ3v) is 15.1.